The van der Waals surface area contributed by atoms with Crippen molar-refractivity contribution in [2.45, 2.75) is 38.8 Å². The molecule has 0 bridgehead atoms. The van der Waals surface area contributed by atoms with E-state index in [9.17, 15) is 14.4 Å². The van der Waals surface area contributed by atoms with Crippen LogP contribution in [-0.2, 0) is 4.79 Å². The molecule has 2 aromatic rings. The number of aromatic nitrogens is 1. The second kappa shape index (κ2) is 8.91. The number of rotatable bonds is 3. The fourth-order valence-corrected chi connectivity index (χ4v) is 4.53. The maximum atomic E-state index is 13.3. The highest BCUT2D eigenvalue weighted by molar-refractivity contribution is 5.95. The molecule has 0 radical (unpaired) electrons. The Bertz CT molecular complexity index is 922. The first-order valence-corrected chi connectivity index (χ1v) is 10.8. The van der Waals surface area contributed by atoms with Gasteiger partial charge in [-0.25, -0.2) is 0 Å². The number of piperidine rings is 1. The van der Waals surface area contributed by atoms with E-state index in [1.165, 1.54) is 12.5 Å². The molecule has 0 unspecified atom stereocenters. The summed E-state index contributed by atoms with van der Waals surface area (Å²) in [4.78, 5) is 48.1. The largest absolute Gasteiger partial charge is 0.472 e. The number of hydrogen-bond acceptors (Lipinski definition) is 5. The quantitative estimate of drug-likeness (QED) is 0.755. The van der Waals surface area contributed by atoms with Crippen LogP contribution in [0.15, 0.2) is 47.5 Å². The van der Waals surface area contributed by atoms with E-state index in [1.54, 1.807) is 30.6 Å². The van der Waals surface area contributed by atoms with Crippen LogP contribution in [0.4, 0.5) is 0 Å². The van der Waals surface area contributed by atoms with E-state index >= 15 is 0 Å². The summed E-state index contributed by atoms with van der Waals surface area (Å²) in [6.45, 7) is 6.14. The lowest BCUT2D eigenvalue weighted by Crippen LogP contribution is -2.61. The molecule has 2 atom stereocenters. The Morgan fingerprint density at radius 3 is 2.16 bits per heavy atom. The minimum absolute atomic E-state index is 0.0123. The summed E-state index contributed by atoms with van der Waals surface area (Å²) in [6, 6.07) is 4.93. The van der Waals surface area contributed by atoms with E-state index in [-0.39, 0.29) is 35.7 Å². The molecule has 0 aromatic carbocycles. The highest BCUT2D eigenvalue weighted by Crippen LogP contribution is 2.26. The number of piperazine rings is 1. The highest BCUT2D eigenvalue weighted by atomic mass is 16.3. The fourth-order valence-electron chi connectivity index (χ4n) is 4.53. The molecule has 164 valence electrons. The molecule has 2 saturated heterocycles. The second-order valence-electron chi connectivity index (χ2n) is 8.33. The summed E-state index contributed by atoms with van der Waals surface area (Å²) in [7, 11) is 0. The van der Waals surface area contributed by atoms with Crippen molar-refractivity contribution in [2.75, 3.05) is 26.2 Å². The van der Waals surface area contributed by atoms with E-state index in [1.807, 2.05) is 28.5 Å². The van der Waals surface area contributed by atoms with E-state index in [2.05, 4.69) is 4.98 Å². The molecule has 4 rings (SSSR count). The Morgan fingerprint density at radius 1 is 0.871 bits per heavy atom. The molecule has 2 aromatic heterocycles. The molecular formula is C23H28N4O4. The van der Waals surface area contributed by atoms with Gasteiger partial charge in [0.25, 0.3) is 11.8 Å². The molecule has 31 heavy (non-hydrogen) atoms. The lowest BCUT2D eigenvalue weighted by atomic mass is 9.92. The number of carbonyl (C=O) groups excluding carboxylic acids is 3. The number of hydrogen-bond donors (Lipinski definition) is 0. The number of amides is 3. The topological polar surface area (TPSA) is 87.0 Å². The molecule has 3 amide bonds. The van der Waals surface area contributed by atoms with Gasteiger partial charge in [0.15, 0.2) is 0 Å². The molecule has 0 aliphatic carbocycles. The summed E-state index contributed by atoms with van der Waals surface area (Å²) >= 11 is 0. The SMILES string of the molecule is C[C@@H]1[C@H](C)N(C(=O)C2CCN(C(=O)c3ccncc3)CC2)CCN1C(=O)c1ccoc1. The first-order chi connectivity index (χ1) is 15.0. The van der Waals surface area contributed by atoms with Gasteiger partial charge in [-0.3, -0.25) is 19.4 Å². The Labute approximate surface area is 181 Å². The lowest BCUT2D eigenvalue weighted by molar-refractivity contribution is -0.142. The Kier molecular flexibility index (Phi) is 6.06. The monoisotopic (exact) mass is 424 g/mol. The smallest absolute Gasteiger partial charge is 0.257 e. The van der Waals surface area contributed by atoms with Gasteiger partial charge in [0.1, 0.15) is 6.26 Å². The minimum Gasteiger partial charge on any atom is -0.472 e. The maximum absolute atomic E-state index is 13.3. The average molecular weight is 425 g/mol. The van der Waals surface area contributed by atoms with Crippen LogP contribution < -0.4 is 0 Å². The van der Waals surface area contributed by atoms with Gasteiger partial charge in [-0.05, 0) is 44.9 Å². The predicted molar refractivity (Wildman–Crippen MR) is 113 cm³/mol. The van der Waals surface area contributed by atoms with Crippen LogP contribution in [0, 0.1) is 5.92 Å². The molecule has 0 spiro atoms. The summed E-state index contributed by atoms with van der Waals surface area (Å²) < 4.78 is 5.04. The van der Waals surface area contributed by atoms with Crippen LogP contribution in [0.1, 0.15) is 47.4 Å². The van der Waals surface area contributed by atoms with Crippen molar-refractivity contribution < 1.29 is 18.8 Å². The van der Waals surface area contributed by atoms with Gasteiger partial charge in [0, 0.05) is 62.1 Å². The number of carbonyl (C=O) groups is 3. The Morgan fingerprint density at radius 2 is 1.52 bits per heavy atom. The number of nitrogens with zero attached hydrogens (tertiary/aromatic N) is 4. The van der Waals surface area contributed by atoms with Crippen molar-refractivity contribution in [3.63, 3.8) is 0 Å². The number of likely N-dealkylation sites (tertiary alicyclic amines) is 1. The summed E-state index contributed by atoms with van der Waals surface area (Å²) in [5, 5.41) is 0. The molecule has 2 fully saturated rings. The second-order valence-corrected chi connectivity index (χ2v) is 8.33. The van der Waals surface area contributed by atoms with Gasteiger partial charge in [-0.2, -0.15) is 0 Å². The number of pyridine rings is 1. The maximum Gasteiger partial charge on any atom is 0.257 e. The van der Waals surface area contributed by atoms with Gasteiger partial charge in [-0.15, -0.1) is 0 Å². The Balaban J connectivity index is 1.34. The molecule has 0 saturated carbocycles. The summed E-state index contributed by atoms with van der Waals surface area (Å²) in [5.74, 6) is -0.0390. The number of furan rings is 1. The summed E-state index contributed by atoms with van der Waals surface area (Å²) in [5.41, 5.74) is 1.16. The highest BCUT2D eigenvalue weighted by Gasteiger charge is 2.39. The zero-order valence-corrected chi connectivity index (χ0v) is 17.9. The standard InChI is InChI=1S/C23H28N4O4/c1-16-17(2)27(23(30)20-7-14-31-15-20)13-12-26(16)22(29)19-5-10-25(11-6-19)21(28)18-3-8-24-9-4-18/h3-4,7-9,14-17,19H,5-6,10-13H2,1-2H3/t16-,17+/m0/s1. The third kappa shape index (κ3) is 4.19. The van der Waals surface area contributed by atoms with E-state index in [0.29, 0.717) is 50.1 Å². The van der Waals surface area contributed by atoms with Crippen molar-refractivity contribution in [3.05, 3.63) is 54.2 Å². The van der Waals surface area contributed by atoms with E-state index < -0.39 is 0 Å². The average Bonchev–Trinajstić information content (AvgIpc) is 3.35. The van der Waals surface area contributed by atoms with Gasteiger partial charge in [0.2, 0.25) is 5.91 Å². The van der Waals surface area contributed by atoms with Gasteiger partial charge >= 0.3 is 0 Å². The zero-order chi connectivity index (χ0) is 22.0. The van der Waals surface area contributed by atoms with Crippen LogP contribution in [0.3, 0.4) is 0 Å². The van der Waals surface area contributed by atoms with Crippen molar-refractivity contribution in [2.24, 2.45) is 5.92 Å². The minimum atomic E-state index is -0.0905. The van der Waals surface area contributed by atoms with Crippen molar-refractivity contribution >= 4 is 17.7 Å². The van der Waals surface area contributed by atoms with Crippen LogP contribution >= 0.6 is 0 Å². The van der Waals surface area contributed by atoms with Gasteiger partial charge < -0.3 is 19.1 Å². The molecule has 0 N–H and O–H groups in total. The molecular weight excluding hydrogens is 396 g/mol. The van der Waals surface area contributed by atoms with Crippen LogP contribution in [-0.4, -0.2) is 75.7 Å². The van der Waals surface area contributed by atoms with E-state index in [4.69, 9.17) is 4.42 Å². The normalized spacial score (nSPS) is 22.5. The van der Waals surface area contributed by atoms with Crippen molar-refractivity contribution in [1.82, 2.24) is 19.7 Å². The summed E-state index contributed by atoms with van der Waals surface area (Å²) in [6.07, 6.45) is 7.49. The lowest BCUT2D eigenvalue weighted by Gasteiger charge is -2.46. The van der Waals surface area contributed by atoms with Crippen LogP contribution in [0.2, 0.25) is 0 Å². The van der Waals surface area contributed by atoms with Crippen molar-refractivity contribution in [3.8, 4) is 0 Å². The van der Waals surface area contributed by atoms with Crippen LogP contribution in [0.5, 0.6) is 0 Å². The molecule has 8 nitrogen and oxygen atoms in total. The van der Waals surface area contributed by atoms with E-state index in [0.717, 1.165) is 0 Å². The van der Waals surface area contributed by atoms with Gasteiger partial charge in [-0.1, -0.05) is 0 Å². The third-order valence-electron chi connectivity index (χ3n) is 6.63. The predicted octanol–water partition coefficient (Wildman–Crippen LogP) is 2.29. The first-order valence-electron chi connectivity index (χ1n) is 10.8. The van der Waals surface area contributed by atoms with Crippen molar-refractivity contribution in [1.29, 1.82) is 0 Å². The Hall–Kier alpha value is -3.16. The molecule has 8 heteroatoms. The van der Waals surface area contributed by atoms with Gasteiger partial charge in [0.05, 0.1) is 11.8 Å². The first kappa shape index (κ1) is 21.1. The molecule has 2 aliphatic rings. The zero-order valence-electron chi connectivity index (χ0n) is 17.9. The third-order valence-corrected chi connectivity index (χ3v) is 6.63. The molecule has 2 aliphatic heterocycles. The van der Waals surface area contributed by atoms with Crippen LogP contribution in [0.25, 0.3) is 0 Å². The fraction of sp³-hybridized carbons (Fsp3) is 0.478. The molecule has 4 heterocycles.